The second-order valence-corrected chi connectivity index (χ2v) is 4.88. The summed E-state index contributed by atoms with van der Waals surface area (Å²) in [5.41, 5.74) is 3.01. The molecule has 0 saturated carbocycles. The number of H-pyrrole nitrogens is 1. The number of nitrogens with zero attached hydrogens (tertiary/aromatic N) is 2. The standard InChI is InChI=1S/C14H12ClN3O/c1-9-12(8-10-3-2-4-11(15)7-10)14(19)18-13(17-9)5-6-16-18/h2-7,16H,8H2,1H3. The number of aryl methyl sites for hydroxylation is 1. The maximum atomic E-state index is 12.4. The third-order valence-corrected chi connectivity index (χ3v) is 3.35. The fraction of sp³-hybridized carbons (Fsp3) is 0.143. The van der Waals surface area contributed by atoms with Gasteiger partial charge in [0.25, 0.3) is 5.56 Å². The smallest absolute Gasteiger partial charge is 0.276 e. The van der Waals surface area contributed by atoms with E-state index in [2.05, 4.69) is 10.1 Å². The third-order valence-electron chi connectivity index (χ3n) is 3.12. The third kappa shape index (κ3) is 2.15. The highest BCUT2D eigenvalue weighted by Crippen LogP contribution is 2.14. The minimum atomic E-state index is -0.0625. The van der Waals surface area contributed by atoms with Crippen LogP contribution in [0.1, 0.15) is 16.8 Å². The van der Waals surface area contributed by atoms with E-state index in [1.807, 2.05) is 31.2 Å². The molecule has 0 amide bonds. The van der Waals surface area contributed by atoms with Crippen LogP contribution < -0.4 is 5.56 Å². The Morgan fingerprint density at radius 1 is 1.37 bits per heavy atom. The lowest BCUT2D eigenvalue weighted by Crippen LogP contribution is -2.21. The van der Waals surface area contributed by atoms with Crippen LogP contribution in [-0.4, -0.2) is 14.6 Å². The van der Waals surface area contributed by atoms with Crippen molar-refractivity contribution in [1.82, 2.24) is 14.6 Å². The van der Waals surface area contributed by atoms with Gasteiger partial charge in [-0.05, 0) is 24.6 Å². The van der Waals surface area contributed by atoms with Crippen molar-refractivity contribution in [3.8, 4) is 0 Å². The SMILES string of the molecule is Cc1nc2cc[nH]n2c(=O)c1Cc1cccc(Cl)c1. The molecular formula is C14H12ClN3O. The van der Waals surface area contributed by atoms with Crippen molar-refractivity contribution in [3.05, 3.63) is 68.7 Å². The number of aromatic nitrogens is 3. The molecule has 0 saturated heterocycles. The summed E-state index contributed by atoms with van der Waals surface area (Å²) in [7, 11) is 0. The molecule has 0 atom stereocenters. The first kappa shape index (κ1) is 12.0. The number of hydrogen-bond donors (Lipinski definition) is 1. The van der Waals surface area contributed by atoms with Crippen molar-refractivity contribution in [1.29, 1.82) is 0 Å². The van der Waals surface area contributed by atoms with Gasteiger partial charge in [-0.15, -0.1) is 0 Å². The number of halogens is 1. The van der Waals surface area contributed by atoms with Crippen LogP contribution >= 0.6 is 11.6 Å². The first-order valence-corrected chi connectivity index (χ1v) is 6.33. The van der Waals surface area contributed by atoms with Crippen molar-refractivity contribution < 1.29 is 0 Å². The molecule has 0 aliphatic heterocycles. The highest BCUT2D eigenvalue weighted by atomic mass is 35.5. The van der Waals surface area contributed by atoms with Gasteiger partial charge in [0, 0.05) is 35.0 Å². The number of benzene rings is 1. The van der Waals surface area contributed by atoms with Crippen molar-refractivity contribution in [3.63, 3.8) is 0 Å². The van der Waals surface area contributed by atoms with Crippen LogP contribution in [0.2, 0.25) is 5.02 Å². The minimum absolute atomic E-state index is 0.0625. The molecule has 2 aromatic heterocycles. The van der Waals surface area contributed by atoms with Gasteiger partial charge in [-0.3, -0.25) is 9.89 Å². The average Bonchev–Trinajstić information content (AvgIpc) is 2.83. The van der Waals surface area contributed by atoms with Gasteiger partial charge in [-0.2, -0.15) is 0 Å². The number of aromatic amines is 1. The largest absolute Gasteiger partial charge is 0.297 e. The quantitative estimate of drug-likeness (QED) is 0.780. The lowest BCUT2D eigenvalue weighted by atomic mass is 10.1. The Balaban J connectivity index is 2.12. The molecule has 19 heavy (non-hydrogen) atoms. The van der Waals surface area contributed by atoms with Gasteiger partial charge in [-0.1, -0.05) is 23.7 Å². The first-order valence-electron chi connectivity index (χ1n) is 5.95. The Kier molecular flexibility index (Phi) is 2.87. The summed E-state index contributed by atoms with van der Waals surface area (Å²) in [5.74, 6) is 0. The molecule has 3 aromatic rings. The van der Waals surface area contributed by atoms with Crippen LogP contribution in [0.3, 0.4) is 0 Å². The molecular weight excluding hydrogens is 262 g/mol. The molecule has 0 aliphatic carbocycles. The van der Waals surface area contributed by atoms with Crippen LogP contribution in [0.15, 0.2) is 41.3 Å². The van der Waals surface area contributed by atoms with E-state index in [0.29, 0.717) is 22.7 Å². The van der Waals surface area contributed by atoms with Crippen molar-refractivity contribution >= 4 is 17.2 Å². The van der Waals surface area contributed by atoms with Crippen molar-refractivity contribution in [2.45, 2.75) is 13.3 Å². The van der Waals surface area contributed by atoms with Gasteiger partial charge >= 0.3 is 0 Å². The average molecular weight is 274 g/mol. The molecule has 0 bridgehead atoms. The molecule has 0 aliphatic rings. The molecule has 0 fully saturated rings. The second kappa shape index (κ2) is 4.55. The second-order valence-electron chi connectivity index (χ2n) is 4.44. The van der Waals surface area contributed by atoms with Crippen LogP contribution in [0.25, 0.3) is 5.65 Å². The molecule has 1 aromatic carbocycles. The Bertz CT molecular complexity index is 804. The van der Waals surface area contributed by atoms with E-state index in [1.165, 1.54) is 4.52 Å². The lowest BCUT2D eigenvalue weighted by molar-refractivity contribution is 0.859. The van der Waals surface area contributed by atoms with Gasteiger partial charge in [-0.25, -0.2) is 9.50 Å². The molecule has 2 heterocycles. The zero-order chi connectivity index (χ0) is 13.4. The minimum Gasteiger partial charge on any atom is -0.297 e. The van der Waals surface area contributed by atoms with Gasteiger partial charge < -0.3 is 0 Å². The van der Waals surface area contributed by atoms with Gasteiger partial charge in [0.05, 0.1) is 0 Å². The summed E-state index contributed by atoms with van der Waals surface area (Å²) in [6.07, 6.45) is 2.23. The predicted octanol–water partition coefficient (Wildman–Crippen LogP) is 2.58. The van der Waals surface area contributed by atoms with E-state index >= 15 is 0 Å². The molecule has 0 unspecified atom stereocenters. The van der Waals surface area contributed by atoms with Crippen LogP contribution in [0, 0.1) is 6.92 Å². The summed E-state index contributed by atoms with van der Waals surface area (Å²) in [6.45, 7) is 1.86. The van der Waals surface area contributed by atoms with E-state index in [1.54, 1.807) is 12.3 Å². The molecule has 3 rings (SSSR count). The Hall–Kier alpha value is -2.07. The molecule has 0 spiro atoms. The van der Waals surface area contributed by atoms with Crippen LogP contribution in [0.4, 0.5) is 0 Å². The lowest BCUT2D eigenvalue weighted by Gasteiger charge is -2.06. The van der Waals surface area contributed by atoms with E-state index in [-0.39, 0.29) is 5.56 Å². The summed E-state index contributed by atoms with van der Waals surface area (Å²) in [5, 5.41) is 3.54. The predicted molar refractivity (Wildman–Crippen MR) is 74.8 cm³/mol. The maximum absolute atomic E-state index is 12.4. The van der Waals surface area contributed by atoms with Gasteiger partial charge in [0.1, 0.15) is 0 Å². The highest BCUT2D eigenvalue weighted by molar-refractivity contribution is 6.30. The fourth-order valence-corrected chi connectivity index (χ4v) is 2.37. The zero-order valence-electron chi connectivity index (χ0n) is 10.4. The summed E-state index contributed by atoms with van der Waals surface area (Å²) < 4.78 is 1.45. The first-order chi connectivity index (χ1) is 9.15. The molecule has 0 radical (unpaired) electrons. The molecule has 96 valence electrons. The summed E-state index contributed by atoms with van der Waals surface area (Å²) >= 11 is 5.96. The van der Waals surface area contributed by atoms with E-state index in [0.717, 1.165) is 11.3 Å². The van der Waals surface area contributed by atoms with Crippen molar-refractivity contribution in [2.75, 3.05) is 0 Å². The number of nitrogens with one attached hydrogen (secondary N) is 1. The van der Waals surface area contributed by atoms with E-state index in [4.69, 9.17) is 11.6 Å². The Morgan fingerprint density at radius 2 is 2.21 bits per heavy atom. The normalized spacial score (nSPS) is 11.1. The van der Waals surface area contributed by atoms with Crippen LogP contribution in [0.5, 0.6) is 0 Å². The summed E-state index contributed by atoms with van der Waals surface area (Å²) in [6, 6.07) is 9.29. The fourth-order valence-electron chi connectivity index (χ4n) is 2.16. The Morgan fingerprint density at radius 3 is 3.00 bits per heavy atom. The number of rotatable bonds is 2. The van der Waals surface area contributed by atoms with Gasteiger partial charge in [0.2, 0.25) is 0 Å². The summed E-state index contributed by atoms with van der Waals surface area (Å²) in [4.78, 5) is 16.8. The maximum Gasteiger partial charge on any atom is 0.276 e. The highest BCUT2D eigenvalue weighted by Gasteiger charge is 2.11. The van der Waals surface area contributed by atoms with Crippen LogP contribution in [-0.2, 0) is 6.42 Å². The molecule has 4 nitrogen and oxygen atoms in total. The molecule has 1 N–H and O–H groups in total. The topological polar surface area (TPSA) is 50.2 Å². The van der Waals surface area contributed by atoms with Gasteiger partial charge in [0.15, 0.2) is 5.65 Å². The number of hydrogen-bond acceptors (Lipinski definition) is 2. The monoisotopic (exact) mass is 273 g/mol. The number of fused-ring (bicyclic) bond motifs is 1. The Labute approximate surface area is 114 Å². The molecule has 5 heteroatoms. The van der Waals surface area contributed by atoms with E-state index < -0.39 is 0 Å². The van der Waals surface area contributed by atoms with Crippen molar-refractivity contribution in [2.24, 2.45) is 0 Å². The van der Waals surface area contributed by atoms with E-state index in [9.17, 15) is 4.79 Å². The zero-order valence-corrected chi connectivity index (χ0v) is 11.1.